The van der Waals surface area contributed by atoms with Crippen molar-refractivity contribution in [3.8, 4) is 0 Å². The third-order valence-electron chi connectivity index (χ3n) is 5.59. The van der Waals surface area contributed by atoms with Crippen LogP contribution in [0.4, 0.5) is 0 Å². The van der Waals surface area contributed by atoms with E-state index in [0.29, 0.717) is 10.2 Å². The molecule has 2 saturated heterocycles. The van der Waals surface area contributed by atoms with Crippen molar-refractivity contribution in [2.75, 3.05) is 39.9 Å². The largest absolute Gasteiger partial charge is 0.381 e. The van der Waals surface area contributed by atoms with Crippen LogP contribution in [0.5, 0.6) is 0 Å². The lowest BCUT2D eigenvalue weighted by Gasteiger charge is -2.26. The summed E-state index contributed by atoms with van der Waals surface area (Å²) in [4.78, 5) is 8.34. The van der Waals surface area contributed by atoms with E-state index in [1.807, 2.05) is 18.8 Å². The summed E-state index contributed by atoms with van der Waals surface area (Å²) in [5.74, 6) is 1.07. The second-order valence-corrected chi connectivity index (χ2v) is 9.01. The molecule has 0 amide bonds. The Bertz CT molecular complexity index is 600. The highest BCUT2D eigenvalue weighted by molar-refractivity contribution is 14.0. The lowest BCUT2D eigenvalue weighted by Crippen LogP contribution is -2.44. The molecule has 6 heteroatoms. The number of nitrogens with one attached hydrogen (secondary N) is 1. The van der Waals surface area contributed by atoms with E-state index in [0.717, 1.165) is 38.8 Å². The first-order valence-electron chi connectivity index (χ1n) is 9.00. The number of nitrogens with zero attached hydrogens (tertiary/aromatic N) is 2. The van der Waals surface area contributed by atoms with Crippen LogP contribution in [0.25, 0.3) is 0 Å². The molecule has 3 fully saturated rings. The lowest BCUT2D eigenvalue weighted by molar-refractivity contribution is 0.156. The first-order valence-corrected chi connectivity index (χ1v) is 9.82. The first-order chi connectivity index (χ1) is 11.7. The Hall–Kier alpha value is -0.470. The topological polar surface area (TPSA) is 36.9 Å². The summed E-state index contributed by atoms with van der Waals surface area (Å²) >= 11 is 2.01. The van der Waals surface area contributed by atoms with Gasteiger partial charge in [0.1, 0.15) is 0 Å². The van der Waals surface area contributed by atoms with Crippen LogP contribution < -0.4 is 5.32 Å². The van der Waals surface area contributed by atoms with Gasteiger partial charge in [-0.1, -0.05) is 18.2 Å². The summed E-state index contributed by atoms with van der Waals surface area (Å²) in [6.45, 7) is 5.04. The van der Waals surface area contributed by atoms with Gasteiger partial charge in [-0.15, -0.1) is 35.7 Å². The first kappa shape index (κ1) is 19.3. The molecule has 1 unspecified atom stereocenters. The molecule has 2 aliphatic heterocycles. The number of ether oxygens (including phenoxy) is 1. The maximum atomic E-state index is 5.64. The quantitative estimate of drug-likeness (QED) is 0.412. The second kappa shape index (κ2) is 8.05. The van der Waals surface area contributed by atoms with E-state index < -0.39 is 0 Å². The van der Waals surface area contributed by atoms with Crippen LogP contribution in [0.2, 0.25) is 0 Å². The highest BCUT2D eigenvalue weighted by Crippen LogP contribution is 2.51. The van der Waals surface area contributed by atoms with E-state index in [-0.39, 0.29) is 24.0 Å². The highest BCUT2D eigenvalue weighted by atomic mass is 127. The van der Waals surface area contributed by atoms with Gasteiger partial charge < -0.3 is 15.0 Å². The zero-order valence-electron chi connectivity index (χ0n) is 14.9. The third-order valence-corrected chi connectivity index (χ3v) is 7.08. The van der Waals surface area contributed by atoms with Crippen molar-refractivity contribution in [2.24, 2.45) is 10.4 Å². The summed E-state index contributed by atoms with van der Waals surface area (Å²) in [6.07, 6.45) is 5.01. The molecule has 4 rings (SSSR count). The van der Waals surface area contributed by atoms with Gasteiger partial charge in [0.25, 0.3) is 0 Å². The van der Waals surface area contributed by atoms with Crippen LogP contribution in [0, 0.1) is 5.41 Å². The van der Waals surface area contributed by atoms with Crippen molar-refractivity contribution < 1.29 is 4.74 Å². The predicted molar refractivity (Wildman–Crippen MR) is 115 cm³/mol. The molecule has 138 valence electrons. The summed E-state index contributed by atoms with van der Waals surface area (Å²) in [5.41, 5.74) is 0.383. The van der Waals surface area contributed by atoms with Crippen LogP contribution in [0.15, 0.2) is 40.2 Å². The Morgan fingerprint density at radius 2 is 2.04 bits per heavy atom. The Morgan fingerprint density at radius 3 is 2.68 bits per heavy atom. The van der Waals surface area contributed by atoms with Crippen LogP contribution in [-0.2, 0) is 4.74 Å². The van der Waals surface area contributed by atoms with Crippen molar-refractivity contribution in [3.05, 3.63) is 30.3 Å². The average molecular weight is 473 g/mol. The number of aliphatic imine (C=N–C) groups is 1. The molecule has 0 bridgehead atoms. The summed E-state index contributed by atoms with van der Waals surface area (Å²) < 4.78 is 6.00. The Morgan fingerprint density at radius 1 is 1.24 bits per heavy atom. The average Bonchev–Trinajstić information content (AvgIpc) is 3.04. The maximum Gasteiger partial charge on any atom is 0.193 e. The summed E-state index contributed by atoms with van der Waals surface area (Å²) in [7, 11) is 1.91. The number of hydrogen-bond donors (Lipinski definition) is 1. The van der Waals surface area contributed by atoms with Crippen LogP contribution in [0.1, 0.15) is 25.7 Å². The van der Waals surface area contributed by atoms with Crippen molar-refractivity contribution in [1.29, 1.82) is 0 Å². The zero-order chi connectivity index (χ0) is 16.5. The van der Waals surface area contributed by atoms with E-state index in [2.05, 4.69) is 45.5 Å². The normalized spacial score (nSPS) is 27.4. The van der Waals surface area contributed by atoms with Gasteiger partial charge in [0.2, 0.25) is 0 Å². The van der Waals surface area contributed by atoms with E-state index in [1.165, 1.54) is 30.6 Å². The SMILES string of the molecule is CN=C(NCC1(Sc2ccccc2)CC1)N1CCC2(CCOC2)C1.I. The number of halogens is 1. The summed E-state index contributed by atoms with van der Waals surface area (Å²) in [6, 6.07) is 10.8. The molecule has 1 aliphatic carbocycles. The molecule has 1 saturated carbocycles. The minimum absolute atomic E-state index is 0. The number of rotatable bonds is 4. The fourth-order valence-corrected chi connectivity index (χ4v) is 5.10. The molecule has 1 spiro atoms. The molecule has 0 aromatic heterocycles. The fourth-order valence-electron chi connectivity index (χ4n) is 3.85. The highest BCUT2D eigenvalue weighted by Gasteiger charge is 2.45. The molecular weight excluding hydrogens is 445 g/mol. The van der Waals surface area contributed by atoms with E-state index in [1.54, 1.807) is 0 Å². The molecular formula is C19H28IN3OS. The van der Waals surface area contributed by atoms with Gasteiger partial charge in [0.15, 0.2) is 5.96 Å². The minimum atomic E-state index is 0. The monoisotopic (exact) mass is 473 g/mol. The van der Waals surface area contributed by atoms with Gasteiger partial charge in [-0.2, -0.15) is 0 Å². The Labute approximate surface area is 172 Å². The molecule has 3 aliphatic rings. The molecule has 1 atom stereocenters. The van der Waals surface area contributed by atoms with Crippen molar-refractivity contribution in [3.63, 3.8) is 0 Å². The third kappa shape index (κ3) is 4.45. The van der Waals surface area contributed by atoms with Crippen LogP contribution in [-0.4, -0.2) is 55.5 Å². The van der Waals surface area contributed by atoms with E-state index in [9.17, 15) is 0 Å². The molecule has 0 radical (unpaired) electrons. The molecule has 1 aromatic rings. The Kier molecular flexibility index (Phi) is 6.21. The molecule has 2 heterocycles. The van der Waals surface area contributed by atoms with Gasteiger partial charge in [0.05, 0.1) is 6.61 Å². The van der Waals surface area contributed by atoms with E-state index >= 15 is 0 Å². The Balaban J connectivity index is 0.00000182. The predicted octanol–water partition coefficient (Wildman–Crippen LogP) is 3.62. The minimum Gasteiger partial charge on any atom is -0.381 e. The van der Waals surface area contributed by atoms with Crippen molar-refractivity contribution >= 4 is 41.7 Å². The molecule has 1 aromatic carbocycles. The second-order valence-electron chi connectivity index (χ2n) is 7.47. The van der Waals surface area contributed by atoms with Gasteiger partial charge in [-0.05, 0) is 37.8 Å². The number of thioether (sulfide) groups is 1. The smallest absolute Gasteiger partial charge is 0.193 e. The zero-order valence-corrected chi connectivity index (χ0v) is 18.0. The number of guanidine groups is 1. The maximum absolute atomic E-state index is 5.64. The van der Waals surface area contributed by atoms with Gasteiger partial charge in [-0.25, -0.2) is 0 Å². The fraction of sp³-hybridized carbons (Fsp3) is 0.632. The van der Waals surface area contributed by atoms with Gasteiger partial charge in [-0.3, -0.25) is 4.99 Å². The molecule has 4 nitrogen and oxygen atoms in total. The standard InChI is InChI=1S/C19H27N3OS.HI/c1-20-17(22-11-9-18(14-22)10-12-23-15-18)21-13-19(7-8-19)24-16-5-3-2-4-6-16;/h2-6H,7-15H2,1H3,(H,20,21);1H. The lowest BCUT2D eigenvalue weighted by atomic mass is 9.87. The van der Waals surface area contributed by atoms with Crippen molar-refractivity contribution in [1.82, 2.24) is 10.2 Å². The van der Waals surface area contributed by atoms with Gasteiger partial charge >= 0.3 is 0 Å². The summed E-state index contributed by atoms with van der Waals surface area (Å²) in [5, 5.41) is 3.66. The molecule has 25 heavy (non-hydrogen) atoms. The van der Waals surface area contributed by atoms with E-state index in [4.69, 9.17) is 4.74 Å². The van der Waals surface area contributed by atoms with Crippen LogP contribution >= 0.6 is 35.7 Å². The number of hydrogen-bond acceptors (Lipinski definition) is 3. The van der Waals surface area contributed by atoms with Crippen molar-refractivity contribution in [2.45, 2.75) is 35.3 Å². The van der Waals surface area contributed by atoms with Gasteiger partial charge in [0, 0.05) is 48.3 Å². The molecule has 1 N–H and O–H groups in total. The number of benzene rings is 1. The number of likely N-dealkylation sites (tertiary alicyclic amines) is 1. The van der Waals surface area contributed by atoms with Crippen LogP contribution in [0.3, 0.4) is 0 Å².